The quantitative estimate of drug-likeness (QED) is 0.224. The number of anilines is 2. The van der Waals surface area contributed by atoms with Crippen molar-refractivity contribution in [3.8, 4) is 0 Å². The molecule has 44 heavy (non-hydrogen) atoms. The van der Waals surface area contributed by atoms with Crippen molar-refractivity contribution in [1.82, 2.24) is 15.1 Å². The average molecular weight is 610 g/mol. The van der Waals surface area contributed by atoms with Gasteiger partial charge in [-0.2, -0.15) is 0 Å². The van der Waals surface area contributed by atoms with Gasteiger partial charge in [0.2, 0.25) is 0 Å². The maximum Gasteiger partial charge on any atom is 0.255 e. The van der Waals surface area contributed by atoms with Crippen LogP contribution in [0.5, 0.6) is 0 Å². The molecule has 1 aliphatic heterocycles. The van der Waals surface area contributed by atoms with Gasteiger partial charge in [-0.3, -0.25) is 14.5 Å². The number of carbonyl (C=O) groups is 2. The average Bonchev–Trinajstić information content (AvgIpc) is 3.05. The van der Waals surface area contributed by atoms with E-state index in [0.29, 0.717) is 28.4 Å². The van der Waals surface area contributed by atoms with Gasteiger partial charge in [-0.1, -0.05) is 78.3 Å². The van der Waals surface area contributed by atoms with Crippen LogP contribution in [0.15, 0.2) is 103 Å². The number of hydrogen-bond acceptors (Lipinski definition) is 5. The van der Waals surface area contributed by atoms with E-state index in [1.807, 2.05) is 48.5 Å². The van der Waals surface area contributed by atoms with Crippen molar-refractivity contribution in [3.05, 3.63) is 130 Å². The van der Waals surface area contributed by atoms with Crippen molar-refractivity contribution in [1.29, 1.82) is 0 Å². The molecule has 1 saturated heterocycles. The van der Waals surface area contributed by atoms with Crippen LogP contribution in [0.3, 0.4) is 0 Å². The molecule has 228 valence electrons. The molecule has 1 aliphatic rings. The van der Waals surface area contributed by atoms with Gasteiger partial charge in [-0.15, -0.1) is 0 Å². The van der Waals surface area contributed by atoms with E-state index in [-0.39, 0.29) is 17.7 Å². The summed E-state index contributed by atoms with van der Waals surface area (Å²) in [5.74, 6) is -0.462. The minimum atomic E-state index is -0.274. The molecule has 7 nitrogen and oxygen atoms in total. The van der Waals surface area contributed by atoms with Crippen LogP contribution in [0.1, 0.15) is 37.8 Å². The third-order valence-electron chi connectivity index (χ3n) is 8.04. The van der Waals surface area contributed by atoms with Crippen LogP contribution in [0.25, 0.3) is 0 Å². The van der Waals surface area contributed by atoms with Crippen molar-refractivity contribution in [2.75, 3.05) is 70.1 Å². The van der Waals surface area contributed by atoms with Crippen LogP contribution in [-0.2, 0) is 0 Å². The number of likely N-dealkylation sites (N-methyl/N-ethyl adjacent to an activating group) is 1. The second-order valence-corrected chi connectivity index (χ2v) is 11.8. The largest absolute Gasteiger partial charge is 0.367 e. The number of amides is 2. The Balaban J connectivity index is 1.36. The van der Waals surface area contributed by atoms with E-state index in [1.54, 1.807) is 30.3 Å². The fraction of sp³-hybridized carbons (Fsp3) is 0.278. The molecule has 0 unspecified atom stereocenters. The highest BCUT2D eigenvalue weighted by atomic mass is 35.5. The Morgan fingerprint density at radius 3 is 2.02 bits per heavy atom. The molecule has 0 aliphatic carbocycles. The molecular weight excluding hydrogens is 570 g/mol. The normalized spacial score (nSPS) is 13.7. The number of carbonyl (C=O) groups excluding carboxylic acids is 2. The number of nitrogens with zero attached hydrogens (tertiary/aromatic N) is 3. The van der Waals surface area contributed by atoms with Crippen LogP contribution in [0, 0.1) is 0 Å². The third-order valence-corrected chi connectivity index (χ3v) is 8.28. The molecule has 0 aromatic heterocycles. The van der Waals surface area contributed by atoms with Crippen molar-refractivity contribution in [2.24, 2.45) is 0 Å². The molecule has 2 N–H and O–H groups in total. The summed E-state index contributed by atoms with van der Waals surface area (Å²) in [6.07, 6.45) is 0. The van der Waals surface area contributed by atoms with Crippen LogP contribution in [0.2, 0.25) is 5.02 Å². The van der Waals surface area contributed by atoms with Crippen molar-refractivity contribution in [2.45, 2.75) is 5.92 Å². The molecule has 4 aromatic rings. The van der Waals surface area contributed by atoms with Gasteiger partial charge in [0.25, 0.3) is 11.8 Å². The zero-order chi connectivity index (χ0) is 30.9. The van der Waals surface area contributed by atoms with Crippen molar-refractivity contribution < 1.29 is 9.59 Å². The van der Waals surface area contributed by atoms with Crippen LogP contribution in [0.4, 0.5) is 11.4 Å². The summed E-state index contributed by atoms with van der Waals surface area (Å²) in [6.45, 7) is 5.99. The molecule has 0 atom stereocenters. The van der Waals surface area contributed by atoms with Crippen LogP contribution in [-0.4, -0.2) is 81.5 Å². The van der Waals surface area contributed by atoms with E-state index in [1.165, 1.54) is 0 Å². The Kier molecular flexibility index (Phi) is 10.7. The SMILES string of the molecule is CN(C)CCN1CCN(c2ccc(C(=O)NCC(c3ccccc3)c3ccccc3)cc2NC(=O)c2cccc(Cl)c2)CC1. The van der Waals surface area contributed by atoms with Crippen molar-refractivity contribution >= 4 is 34.8 Å². The maximum absolute atomic E-state index is 13.6. The standard InChI is InChI=1S/C36H40ClN5O2/c1-40(2)18-19-41-20-22-42(23-21-41)34-17-16-30(25-33(34)39-36(44)29-14-9-15-31(37)24-29)35(43)38-26-32(27-10-5-3-6-11-27)28-12-7-4-8-13-28/h3-17,24-25,32H,18-23,26H2,1-2H3,(H,38,43)(H,39,44). The third kappa shape index (κ3) is 8.26. The van der Waals surface area contributed by atoms with E-state index >= 15 is 0 Å². The Bertz CT molecular complexity index is 1500. The highest BCUT2D eigenvalue weighted by Gasteiger charge is 2.22. The summed E-state index contributed by atoms with van der Waals surface area (Å²) in [7, 11) is 4.18. The Hall–Kier alpha value is -4.17. The summed E-state index contributed by atoms with van der Waals surface area (Å²) >= 11 is 6.17. The minimum absolute atomic E-state index is 0.00594. The Morgan fingerprint density at radius 2 is 1.41 bits per heavy atom. The Morgan fingerprint density at radius 1 is 0.773 bits per heavy atom. The molecule has 5 rings (SSSR count). The number of piperazine rings is 1. The van der Waals surface area contributed by atoms with Gasteiger partial charge >= 0.3 is 0 Å². The fourth-order valence-corrected chi connectivity index (χ4v) is 5.72. The smallest absolute Gasteiger partial charge is 0.255 e. The summed E-state index contributed by atoms with van der Waals surface area (Å²) in [5.41, 5.74) is 4.71. The predicted molar refractivity (Wildman–Crippen MR) is 180 cm³/mol. The summed E-state index contributed by atoms with van der Waals surface area (Å²) in [6, 6.07) is 32.8. The van der Waals surface area contributed by atoms with Gasteiger partial charge in [0.1, 0.15) is 0 Å². The molecule has 0 saturated carbocycles. The monoisotopic (exact) mass is 609 g/mol. The van der Waals surface area contributed by atoms with Gasteiger partial charge in [0.15, 0.2) is 0 Å². The first-order valence-corrected chi connectivity index (χ1v) is 15.5. The highest BCUT2D eigenvalue weighted by molar-refractivity contribution is 6.31. The second-order valence-electron chi connectivity index (χ2n) is 11.4. The lowest BCUT2D eigenvalue weighted by atomic mass is 9.91. The number of nitrogens with one attached hydrogen (secondary N) is 2. The molecule has 0 radical (unpaired) electrons. The fourth-order valence-electron chi connectivity index (χ4n) is 5.53. The van der Waals surface area contributed by atoms with Gasteiger partial charge in [-0.05, 0) is 61.6 Å². The number of halogens is 1. The zero-order valence-electron chi connectivity index (χ0n) is 25.4. The van der Waals surface area contributed by atoms with Crippen LogP contribution < -0.4 is 15.5 Å². The molecule has 1 fully saturated rings. The molecular formula is C36H40ClN5O2. The molecule has 0 bridgehead atoms. The molecule has 2 amide bonds. The summed E-state index contributed by atoms with van der Waals surface area (Å²) < 4.78 is 0. The number of hydrogen-bond donors (Lipinski definition) is 2. The number of rotatable bonds is 11. The lowest BCUT2D eigenvalue weighted by Gasteiger charge is -2.37. The second kappa shape index (κ2) is 15.0. The topological polar surface area (TPSA) is 67.9 Å². The molecule has 8 heteroatoms. The summed E-state index contributed by atoms with van der Waals surface area (Å²) in [5, 5.41) is 6.72. The number of benzene rings is 4. The lowest BCUT2D eigenvalue weighted by Crippen LogP contribution is -2.48. The van der Waals surface area contributed by atoms with E-state index < -0.39 is 0 Å². The lowest BCUT2D eigenvalue weighted by molar-refractivity contribution is 0.0951. The van der Waals surface area contributed by atoms with E-state index in [4.69, 9.17) is 11.6 Å². The first-order valence-electron chi connectivity index (χ1n) is 15.1. The minimum Gasteiger partial charge on any atom is -0.367 e. The van der Waals surface area contributed by atoms with Gasteiger partial charge in [0.05, 0.1) is 11.4 Å². The van der Waals surface area contributed by atoms with Crippen molar-refractivity contribution in [3.63, 3.8) is 0 Å². The van der Waals surface area contributed by atoms with Gasteiger partial charge in [-0.25, -0.2) is 0 Å². The van der Waals surface area contributed by atoms with Gasteiger partial charge < -0.3 is 20.4 Å². The molecule has 0 spiro atoms. The predicted octanol–water partition coefficient (Wildman–Crippen LogP) is 5.84. The zero-order valence-corrected chi connectivity index (χ0v) is 26.1. The maximum atomic E-state index is 13.6. The first-order chi connectivity index (χ1) is 21.4. The van der Waals surface area contributed by atoms with Crippen LogP contribution >= 0.6 is 11.6 Å². The first kappa shape index (κ1) is 31.3. The molecule has 4 aromatic carbocycles. The highest BCUT2D eigenvalue weighted by Crippen LogP contribution is 2.30. The van der Waals surface area contributed by atoms with E-state index in [2.05, 4.69) is 63.7 Å². The van der Waals surface area contributed by atoms with E-state index in [0.717, 1.165) is 56.1 Å². The Labute approximate surface area is 265 Å². The van der Waals surface area contributed by atoms with Gasteiger partial charge in [0, 0.05) is 67.9 Å². The summed E-state index contributed by atoms with van der Waals surface area (Å²) in [4.78, 5) is 33.8. The van der Waals surface area contributed by atoms with E-state index in [9.17, 15) is 9.59 Å². The molecule has 1 heterocycles.